The molecule has 1 heterocycles. The number of hydrogen-bond donors (Lipinski definition) is 1. The van der Waals surface area contributed by atoms with Crippen LogP contribution in [0.2, 0.25) is 0 Å². The molecule has 3 rings (SSSR count). The molecule has 0 aliphatic rings. The van der Waals surface area contributed by atoms with Crippen LogP contribution in [0, 0.1) is 19.7 Å². The van der Waals surface area contributed by atoms with Crippen molar-refractivity contribution in [2.24, 2.45) is 0 Å². The second-order valence-electron chi connectivity index (χ2n) is 5.70. The first-order chi connectivity index (χ1) is 12.0. The van der Waals surface area contributed by atoms with E-state index >= 15 is 0 Å². The molecule has 6 heteroatoms. The molecule has 25 heavy (non-hydrogen) atoms. The van der Waals surface area contributed by atoms with Crippen molar-refractivity contribution in [3.8, 4) is 11.4 Å². The van der Waals surface area contributed by atoms with Gasteiger partial charge in [-0.25, -0.2) is 9.07 Å². The van der Waals surface area contributed by atoms with E-state index in [4.69, 9.17) is 4.74 Å². The molecule has 3 aromatic rings. The van der Waals surface area contributed by atoms with Crippen molar-refractivity contribution in [1.29, 1.82) is 0 Å². The van der Waals surface area contributed by atoms with Crippen LogP contribution in [0.15, 0.2) is 48.5 Å². The highest BCUT2D eigenvalue weighted by atomic mass is 19.1. The maximum atomic E-state index is 13.1. The molecular formula is C19H18FN3O2. The summed E-state index contributed by atoms with van der Waals surface area (Å²) >= 11 is 0. The summed E-state index contributed by atoms with van der Waals surface area (Å²) < 4.78 is 20.0. The zero-order valence-electron chi connectivity index (χ0n) is 14.2. The molecule has 0 aliphatic heterocycles. The molecule has 1 aromatic heterocycles. The number of methoxy groups -OCH3 is 1. The average molecular weight is 339 g/mol. The molecular weight excluding hydrogens is 321 g/mol. The van der Waals surface area contributed by atoms with Gasteiger partial charge in [-0.05, 0) is 55.8 Å². The third-order valence-corrected chi connectivity index (χ3v) is 3.81. The van der Waals surface area contributed by atoms with Gasteiger partial charge in [0.15, 0.2) is 0 Å². The fraction of sp³-hybridized carbons (Fsp3) is 0.158. The van der Waals surface area contributed by atoms with Gasteiger partial charge in [-0.2, -0.15) is 5.10 Å². The lowest BCUT2D eigenvalue weighted by molar-refractivity contribution is 0.102. The molecule has 1 amide bonds. The molecule has 128 valence electrons. The maximum Gasteiger partial charge on any atom is 0.256 e. The van der Waals surface area contributed by atoms with E-state index in [9.17, 15) is 9.18 Å². The predicted molar refractivity (Wildman–Crippen MR) is 93.9 cm³/mol. The number of carbonyl (C=O) groups excluding carboxylic acids is 1. The Hall–Kier alpha value is -3.15. The number of aromatic nitrogens is 2. The number of aryl methyl sites for hydroxylation is 2. The van der Waals surface area contributed by atoms with Gasteiger partial charge < -0.3 is 10.1 Å². The van der Waals surface area contributed by atoms with Crippen molar-refractivity contribution in [2.45, 2.75) is 13.8 Å². The summed E-state index contributed by atoms with van der Waals surface area (Å²) in [6, 6.07) is 12.9. The van der Waals surface area contributed by atoms with Gasteiger partial charge in [-0.3, -0.25) is 4.79 Å². The zero-order valence-corrected chi connectivity index (χ0v) is 14.2. The van der Waals surface area contributed by atoms with Crippen LogP contribution >= 0.6 is 0 Å². The third kappa shape index (κ3) is 3.52. The van der Waals surface area contributed by atoms with Gasteiger partial charge in [0, 0.05) is 11.6 Å². The van der Waals surface area contributed by atoms with Crippen LogP contribution in [0.25, 0.3) is 5.69 Å². The minimum Gasteiger partial charge on any atom is -0.496 e. The molecule has 0 fully saturated rings. The Balaban J connectivity index is 1.90. The summed E-state index contributed by atoms with van der Waals surface area (Å²) in [6.45, 7) is 3.73. The van der Waals surface area contributed by atoms with Crippen molar-refractivity contribution >= 4 is 11.7 Å². The summed E-state index contributed by atoms with van der Waals surface area (Å²) in [6.07, 6.45) is 0. The largest absolute Gasteiger partial charge is 0.496 e. The van der Waals surface area contributed by atoms with Crippen LogP contribution in [-0.4, -0.2) is 22.8 Å². The van der Waals surface area contributed by atoms with Gasteiger partial charge in [-0.1, -0.05) is 6.07 Å². The molecule has 2 aromatic carbocycles. The summed E-state index contributed by atoms with van der Waals surface area (Å²) in [5, 5.41) is 7.20. The van der Waals surface area contributed by atoms with E-state index in [2.05, 4.69) is 10.4 Å². The van der Waals surface area contributed by atoms with Crippen LogP contribution in [0.1, 0.15) is 21.6 Å². The van der Waals surface area contributed by atoms with Crippen molar-refractivity contribution in [3.63, 3.8) is 0 Å². The Kier molecular flexibility index (Phi) is 4.52. The van der Waals surface area contributed by atoms with E-state index in [0.29, 0.717) is 22.8 Å². The lowest BCUT2D eigenvalue weighted by Crippen LogP contribution is -2.15. The normalized spacial score (nSPS) is 10.6. The number of ether oxygens (including phenoxy) is 1. The topological polar surface area (TPSA) is 56.1 Å². The molecule has 0 spiro atoms. The maximum absolute atomic E-state index is 13.1. The van der Waals surface area contributed by atoms with E-state index < -0.39 is 0 Å². The third-order valence-electron chi connectivity index (χ3n) is 3.81. The van der Waals surface area contributed by atoms with E-state index in [1.165, 1.54) is 12.1 Å². The van der Waals surface area contributed by atoms with E-state index in [1.807, 2.05) is 19.9 Å². The SMILES string of the molecule is COc1cc(C(=O)Nc2cc(C)nn2-c2ccc(F)cc2)ccc1C. The molecule has 5 nitrogen and oxygen atoms in total. The standard InChI is InChI=1S/C19H18FN3O2/c1-12-4-5-14(11-17(12)25-3)19(24)21-18-10-13(2)22-23(18)16-8-6-15(20)7-9-16/h4-11H,1-3H3,(H,21,24). The van der Waals surface area contributed by atoms with Crippen molar-refractivity contribution < 1.29 is 13.9 Å². The van der Waals surface area contributed by atoms with Gasteiger partial charge in [-0.15, -0.1) is 0 Å². The summed E-state index contributed by atoms with van der Waals surface area (Å²) in [5.74, 6) is 0.552. The molecule has 1 N–H and O–H groups in total. The molecule has 0 saturated heterocycles. The van der Waals surface area contributed by atoms with Gasteiger partial charge in [0.1, 0.15) is 17.4 Å². The summed E-state index contributed by atoms with van der Waals surface area (Å²) in [7, 11) is 1.57. The lowest BCUT2D eigenvalue weighted by Gasteiger charge is -2.10. The Bertz CT molecular complexity index is 917. The number of rotatable bonds is 4. The van der Waals surface area contributed by atoms with E-state index in [0.717, 1.165) is 11.3 Å². The smallest absolute Gasteiger partial charge is 0.256 e. The number of anilines is 1. The van der Waals surface area contributed by atoms with Crippen molar-refractivity contribution in [3.05, 3.63) is 71.2 Å². The fourth-order valence-corrected chi connectivity index (χ4v) is 2.52. The fourth-order valence-electron chi connectivity index (χ4n) is 2.52. The Morgan fingerprint density at radius 3 is 2.52 bits per heavy atom. The second-order valence-corrected chi connectivity index (χ2v) is 5.70. The molecule has 0 saturated carbocycles. The Morgan fingerprint density at radius 2 is 1.84 bits per heavy atom. The molecule has 0 atom stereocenters. The average Bonchev–Trinajstić information content (AvgIpc) is 2.96. The molecule has 0 unspecified atom stereocenters. The number of amides is 1. The number of nitrogens with zero attached hydrogens (tertiary/aromatic N) is 2. The van der Waals surface area contributed by atoms with E-state index in [1.54, 1.807) is 42.1 Å². The zero-order chi connectivity index (χ0) is 18.0. The van der Waals surface area contributed by atoms with Gasteiger partial charge in [0.05, 0.1) is 18.5 Å². The van der Waals surface area contributed by atoms with E-state index in [-0.39, 0.29) is 11.7 Å². The number of benzene rings is 2. The van der Waals surface area contributed by atoms with Gasteiger partial charge in [0.2, 0.25) is 0 Å². The number of hydrogen-bond acceptors (Lipinski definition) is 3. The first-order valence-corrected chi connectivity index (χ1v) is 7.76. The number of halogens is 1. The van der Waals surface area contributed by atoms with Gasteiger partial charge >= 0.3 is 0 Å². The highest BCUT2D eigenvalue weighted by molar-refractivity contribution is 6.04. The van der Waals surface area contributed by atoms with Crippen LogP contribution < -0.4 is 10.1 Å². The van der Waals surface area contributed by atoms with Crippen molar-refractivity contribution in [1.82, 2.24) is 9.78 Å². The highest BCUT2D eigenvalue weighted by Gasteiger charge is 2.14. The monoisotopic (exact) mass is 339 g/mol. The molecule has 0 bridgehead atoms. The first kappa shape index (κ1) is 16.7. The van der Waals surface area contributed by atoms with Crippen LogP contribution in [0.4, 0.5) is 10.2 Å². The summed E-state index contributed by atoms with van der Waals surface area (Å²) in [5.41, 5.74) is 2.82. The minimum atomic E-state index is -0.329. The molecule has 0 aliphatic carbocycles. The van der Waals surface area contributed by atoms with Crippen LogP contribution in [0.5, 0.6) is 5.75 Å². The quantitative estimate of drug-likeness (QED) is 0.784. The lowest BCUT2D eigenvalue weighted by atomic mass is 10.1. The number of nitrogens with one attached hydrogen (secondary N) is 1. The predicted octanol–water partition coefficient (Wildman–Crippen LogP) is 3.89. The van der Waals surface area contributed by atoms with Crippen LogP contribution in [0.3, 0.4) is 0 Å². The van der Waals surface area contributed by atoms with Crippen LogP contribution in [-0.2, 0) is 0 Å². The second kappa shape index (κ2) is 6.76. The summed E-state index contributed by atoms with van der Waals surface area (Å²) in [4.78, 5) is 12.6. The highest BCUT2D eigenvalue weighted by Crippen LogP contribution is 2.21. The van der Waals surface area contributed by atoms with Crippen molar-refractivity contribution in [2.75, 3.05) is 12.4 Å². The Labute approximate surface area is 145 Å². The Morgan fingerprint density at radius 1 is 1.12 bits per heavy atom. The first-order valence-electron chi connectivity index (χ1n) is 7.76. The van der Waals surface area contributed by atoms with Gasteiger partial charge in [0.25, 0.3) is 5.91 Å². The minimum absolute atomic E-state index is 0.276. The number of carbonyl (C=O) groups is 1. The molecule has 0 radical (unpaired) electrons.